The average molecular weight is 170 g/mol. The summed E-state index contributed by atoms with van der Waals surface area (Å²) in [7, 11) is 1.29. The first-order valence-electron chi connectivity index (χ1n) is 4.20. The molecule has 1 aliphatic rings. The summed E-state index contributed by atoms with van der Waals surface area (Å²) in [6.45, 7) is 0. The first-order valence-corrected chi connectivity index (χ1v) is 4.20. The second-order valence-corrected chi connectivity index (χ2v) is 2.95. The van der Waals surface area contributed by atoms with Crippen molar-refractivity contribution in [2.75, 3.05) is 7.11 Å². The molecular weight excluding hydrogens is 156 g/mol. The summed E-state index contributed by atoms with van der Waals surface area (Å²) in [6, 6.07) is 0. The number of hydrogen-bond acceptors (Lipinski definition) is 3. The normalized spacial score (nSPS) is 19.7. The Morgan fingerprint density at radius 2 is 2.42 bits per heavy atom. The summed E-state index contributed by atoms with van der Waals surface area (Å²) in [5, 5.41) is 9.40. The second-order valence-electron chi connectivity index (χ2n) is 2.95. The molecule has 0 radical (unpaired) electrons. The Morgan fingerprint density at radius 3 is 2.92 bits per heavy atom. The van der Waals surface area contributed by atoms with Gasteiger partial charge < -0.3 is 9.84 Å². The molecule has 68 valence electrons. The molecule has 0 aromatic rings. The van der Waals surface area contributed by atoms with Gasteiger partial charge in [-0.25, -0.2) is 4.79 Å². The van der Waals surface area contributed by atoms with Gasteiger partial charge in [-0.3, -0.25) is 0 Å². The van der Waals surface area contributed by atoms with E-state index in [-0.39, 0.29) is 0 Å². The zero-order valence-corrected chi connectivity index (χ0v) is 7.25. The van der Waals surface area contributed by atoms with Gasteiger partial charge in [-0.2, -0.15) is 0 Å². The summed E-state index contributed by atoms with van der Waals surface area (Å²) in [5.74, 6) is -0.553. The SMILES string of the molecule is COC(=O)[C@H](O)C1=CCCCC1. The molecule has 0 aromatic carbocycles. The van der Waals surface area contributed by atoms with Gasteiger partial charge in [-0.05, 0) is 31.3 Å². The zero-order chi connectivity index (χ0) is 8.97. The predicted molar refractivity (Wildman–Crippen MR) is 44.6 cm³/mol. The lowest BCUT2D eigenvalue weighted by Gasteiger charge is -2.16. The molecule has 0 unspecified atom stereocenters. The Morgan fingerprint density at radius 1 is 1.67 bits per heavy atom. The van der Waals surface area contributed by atoms with Crippen molar-refractivity contribution < 1.29 is 14.6 Å². The first kappa shape index (κ1) is 9.26. The van der Waals surface area contributed by atoms with Gasteiger partial charge in [0.2, 0.25) is 0 Å². The monoisotopic (exact) mass is 170 g/mol. The predicted octanol–water partition coefficient (Wildman–Crippen LogP) is 1.02. The minimum atomic E-state index is -1.03. The van der Waals surface area contributed by atoms with Gasteiger partial charge in [0.1, 0.15) is 0 Å². The third-order valence-electron chi connectivity index (χ3n) is 2.10. The Balaban J connectivity index is 2.56. The summed E-state index contributed by atoms with van der Waals surface area (Å²) < 4.78 is 4.44. The van der Waals surface area contributed by atoms with E-state index in [1.165, 1.54) is 7.11 Å². The molecule has 0 aromatic heterocycles. The van der Waals surface area contributed by atoms with Gasteiger partial charge in [0.25, 0.3) is 0 Å². The maximum Gasteiger partial charge on any atom is 0.339 e. The number of ether oxygens (including phenoxy) is 1. The Labute approximate surface area is 72.0 Å². The highest BCUT2D eigenvalue weighted by molar-refractivity contribution is 5.77. The van der Waals surface area contributed by atoms with Gasteiger partial charge in [0, 0.05) is 0 Å². The van der Waals surface area contributed by atoms with Crippen molar-refractivity contribution in [3.8, 4) is 0 Å². The van der Waals surface area contributed by atoms with Gasteiger partial charge in [-0.1, -0.05) is 6.08 Å². The summed E-state index contributed by atoms with van der Waals surface area (Å²) in [4.78, 5) is 10.9. The maximum atomic E-state index is 10.9. The summed E-state index contributed by atoms with van der Waals surface area (Å²) in [6.07, 6.45) is 4.89. The third-order valence-corrected chi connectivity index (χ3v) is 2.10. The maximum absolute atomic E-state index is 10.9. The molecule has 12 heavy (non-hydrogen) atoms. The van der Waals surface area contributed by atoms with Crippen LogP contribution >= 0.6 is 0 Å². The summed E-state index contributed by atoms with van der Waals surface area (Å²) in [5.41, 5.74) is 0.813. The lowest BCUT2D eigenvalue weighted by Crippen LogP contribution is -2.24. The molecule has 3 heteroatoms. The van der Waals surface area contributed by atoms with Gasteiger partial charge >= 0.3 is 5.97 Å². The van der Waals surface area contributed by atoms with Crippen LogP contribution in [0.25, 0.3) is 0 Å². The fourth-order valence-electron chi connectivity index (χ4n) is 1.37. The first-order chi connectivity index (χ1) is 5.75. The number of hydrogen-bond donors (Lipinski definition) is 1. The molecule has 0 aliphatic heterocycles. The van der Waals surface area contributed by atoms with Crippen LogP contribution in [0.5, 0.6) is 0 Å². The van der Waals surface area contributed by atoms with Crippen molar-refractivity contribution in [3.63, 3.8) is 0 Å². The molecule has 0 saturated heterocycles. The average Bonchev–Trinajstić information content (AvgIpc) is 2.17. The molecule has 1 N–H and O–H groups in total. The van der Waals surface area contributed by atoms with Crippen molar-refractivity contribution in [2.24, 2.45) is 0 Å². The largest absolute Gasteiger partial charge is 0.467 e. The fourth-order valence-corrected chi connectivity index (χ4v) is 1.37. The number of aliphatic hydroxyl groups is 1. The standard InChI is InChI=1S/C9H14O3/c1-12-9(11)8(10)7-5-3-2-4-6-7/h5,8,10H,2-4,6H2,1H3/t8-/m1/s1. The minimum Gasteiger partial charge on any atom is -0.467 e. The molecule has 0 saturated carbocycles. The Bertz CT molecular complexity index is 196. The number of allylic oxidation sites excluding steroid dienone is 1. The molecule has 0 fully saturated rings. The van der Waals surface area contributed by atoms with Crippen LogP contribution in [-0.4, -0.2) is 24.3 Å². The van der Waals surface area contributed by atoms with Crippen molar-refractivity contribution in [1.29, 1.82) is 0 Å². The van der Waals surface area contributed by atoms with E-state index in [2.05, 4.69) is 4.74 Å². The van der Waals surface area contributed by atoms with Crippen LogP contribution in [0.2, 0.25) is 0 Å². The van der Waals surface area contributed by atoms with E-state index < -0.39 is 12.1 Å². The van der Waals surface area contributed by atoms with E-state index in [1.807, 2.05) is 6.08 Å². The number of carbonyl (C=O) groups is 1. The second kappa shape index (κ2) is 4.26. The highest BCUT2D eigenvalue weighted by Gasteiger charge is 2.20. The minimum absolute atomic E-state index is 0.553. The smallest absolute Gasteiger partial charge is 0.339 e. The number of carbonyl (C=O) groups excluding carboxylic acids is 1. The van der Waals surface area contributed by atoms with Crippen LogP contribution in [0.3, 0.4) is 0 Å². The summed E-state index contributed by atoms with van der Waals surface area (Å²) >= 11 is 0. The molecule has 0 amide bonds. The lowest BCUT2D eigenvalue weighted by atomic mass is 9.95. The van der Waals surface area contributed by atoms with Crippen molar-refractivity contribution in [2.45, 2.75) is 31.8 Å². The lowest BCUT2D eigenvalue weighted by molar-refractivity contribution is -0.148. The third kappa shape index (κ3) is 2.08. The van der Waals surface area contributed by atoms with Crippen LogP contribution < -0.4 is 0 Å². The highest BCUT2D eigenvalue weighted by Crippen LogP contribution is 2.20. The van der Waals surface area contributed by atoms with Crippen molar-refractivity contribution >= 4 is 5.97 Å². The number of aliphatic hydroxyl groups excluding tert-OH is 1. The van der Waals surface area contributed by atoms with Crippen LogP contribution in [0.15, 0.2) is 11.6 Å². The number of rotatable bonds is 2. The molecule has 3 nitrogen and oxygen atoms in total. The van der Waals surface area contributed by atoms with Crippen molar-refractivity contribution in [1.82, 2.24) is 0 Å². The number of esters is 1. The zero-order valence-electron chi connectivity index (χ0n) is 7.25. The van der Waals surface area contributed by atoms with Gasteiger partial charge in [-0.15, -0.1) is 0 Å². The topological polar surface area (TPSA) is 46.5 Å². The molecule has 1 atom stereocenters. The van der Waals surface area contributed by atoms with E-state index in [4.69, 9.17) is 0 Å². The number of methoxy groups -OCH3 is 1. The van der Waals surface area contributed by atoms with E-state index in [9.17, 15) is 9.90 Å². The Kier molecular flexibility index (Phi) is 3.29. The molecule has 0 bridgehead atoms. The van der Waals surface area contributed by atoms with E-state index in [0.29, 0.717) is 0 Å². The van der Waals surface area contributed by atoms with E-state index in [0.717, 1.165) is 31.3 Å². The molecule has 0 spiro atoms. The molecule has 0 heterocycles. The van der Waals surface area contributed by atoms with Crippen LogP contribution in [0.4, 0.5) is 0 Å². The van der Waals surface area contributed by atoms with Crippen LogP contribution in [0.1, 0.15) is 25.7 Å². The van der Waals surface area contributed by atoms with E-state index >= 15 is 0 Å². The van der Waals surface area contributed by atoms with Gasteiger partial charge in [0.15, 0.2) is 6.10 Å². The van der Waals surface area contributed by atoms with Crippen LogP contribution in [-0.2, 0) is 9.53 Å². The highest BCUT2D eigenvalue weighted by atomic mass is 16.5. The Hall–Kier alpha value is -0.830. The molecule has 1 aliphatic carbocycles. The van der Waals surface area contributed by atoms with Crippen LogP contribution in [0, 0.1) is 0 Å². The fraction of sp³-hybridized carbons (Fsp3) is 0.667. The molecular formula is C9H14O3. The van der Waals surface area contributed by atoms with Gasteiger partial charge in [0.05, 0.1) is 7.11 Å². The molecule has 1 rings (SSSR count). The quantitative estimate of drug-likeness (QED) is 0.497. The van der Waals surface area contributed by atoms with E-state index in [1.54, 1.807) is 0 Å². The van der Waals surface area contributed by atoms with Crippen molar-refractivity contribution in [3.05, 3.63) is 11.6 Å².